The summed E-state index contributed by atoms with van der Waals surface area (Å²) in [4.78, 5) is 13.0. The lowest BCUT2D eigenvalue weighted by atomic mass is 10.1. The van der Waals surface area contributed by atoms with Gasteiger partial charge in [-0.15, -0.1) is 0 Å². The lowest BCUT2D eigenvalue weighted by Crippen LogP contribution is -2.35. The maximum absolute atomic E-state index is 10.9. The van der Waals surface area contributed by atoms with Crippen molar-refractivity contribution in [2.75, 3.05) is 25.0 Å². The summed E-state index contributed by atoms with van der Waals surface area (Å²) in [6.45, 7) is 7.14. The molecule has 1 N–H and O–H groups in total. The summed E-state index contributed by atoms with van der Waals surface area (Å²) >= 11 is 0. The van der Waals surface area contributed by atoms with Crippen molar-refractivity contribution in [1.29, 1.82) is 0 Å². The quantitative estimate of drug-likeness (QED) is 0.655. The van der Waals surface area contributed by atoms with Crippen molar-refractivity contribution in [3.8, 4) is 0 Å². The van der Waals surface area contributed by atoms with Gasteiger partial charge < -0.3 is 5.32 Å². The first kappa shape index (κ1) is 13.8. The highest BCUT2D eigenvalue weighted by Crippen LogP contribution is 2.25. The Morgan fingerprint density at radius 2 is 2.11 bits per heavy atom. The van der Waals surface area contributed by atoms with E-state index in [0.29, 0.717) is 11.6 Å². The second kappa shape index (κ2) is 6.02. The Bertz CT molecular complexity index is 456. The van der Waals surface area contributed by atoms with Gasteiger partial charge in [-0.3, -0.25) is 15.0 Å². The topological polar surface area (TPSA) is 58.4 Å². The fourth-order valence-corrected chi connectivity index (χ4v) is 2.58. The number of nitrogens with zero attached hydrogens (tertiary/aromatic N) is 2. The number of likely N-dealkylation sites (tertiary alicyclic amines) is 1. The highest BCUT2D eigenvalue weighted by Gasteiger charge is 2.18. The molecule has 1 aliphatic heterocycles. The molecule has 0 amide bonds. The third-order valence-electron chi connectivity index (χ3n) is 3.85. The van der Waals surface area contributed by atoms with Gasteiger partial charge in [-0.05, 0) is 45.8 Å². The van der Waals surface area contributed by atoms with Crippen molar-refractivity contribution in [1.82, 2.24) is 4.90 Å². The molecule has 0 saturated carbocycles. The molecule has 1 unspecified atom stereocenters. The first-order valence-corrected chi connectivity index (χ1v) is 6.81. The minimum absolute atomic E-state index is 0.179. The average molecular weight is 263 g/mol. The van der Waals surface area contributed by atoms with Gasteiger partial charge in [0.05, 0.1) is 4.92 Å². The first-order valence-electron chi connectivity index (χ1n) is 6.81. The third-order valence-corrected chi connectivity index (χ3v) is 3.85. The third kappa shape index (κ3) is 3.23. The molecule has 5 heteroatoms. The molecule has 2 rings (SSSR count). The summed E-state index contributed by atoms with van der Waals surface area (Å²) in [7, 11) is 0. The molecule has 104 valence electrons. The van der Waals surface area contributed by atoms with E-state index in [1.807, 2.05) is 6.07 Å². The summed E-state index contributed by atoms with van der Waals surface area (Å²) < 4.78 is 0. The van der Waals surface area contributed by atoms with Crippen LogP contribution in [0.4, 0.5) is 11.4 Å². The van der Waals surface area contributed by atoms with E-state index >= 15 is 0 Å². The summed E-state index contributed by atoms with van der Waals surface area (Å²) in [5, 5.41) is 14.2. The molecular formula is C14H21N3O2. The average Bonchev–Trinajstić information content (AvgIpc) is 2.90. The number of nitro groups is 1. The van der Waals surface area contributed by atoms with E-state index < -0.39 is 0 Å². The normalized spacial score (nSPS) is 17.4. The molecule has 19 heavy (non-hydrogen) atoms. The Morgan fingerprint density at radius 3 is 2.74 bits per heavy atom. The van der Waals surface area contributed by atoms with E-state index in [0.717, 1.165) is 25.3 Å². The van der Waals surface area contributed by atoms with Crippen molar-refractivity contribution >= 4 is 11.4 Å². The maximum atomic E-state index is 10.9. The fourth-order valence-electron chi connectivity index (χ4n) is 2.58. The molecule has 1 saturated heterocycles. The molecule has 0 bridgehead atoms. The van der Waals surface area contributed by atoms with Crippen molar-refractivity contribution < 1.29 is 4.92 Å². The first-order chi connectivity index (χ1) is 9.09. The Labute approximate surface area is 113 Å². The molecule has 5 nitrogen and oxygen atoms in total. The number of hydrogen-bond acceptors (Lipinski definition) is 4. The van der Waals surface area contributed by atoms with Gasteiger partial charge in [0.15, 0.2) is 0 Å². The van der Waals surface area contributed by atoms with Crippen LogP contribution in [0.25, 0.3) is 0 Å². The van der Waals surface area contributed by atoms with E-state index in [9.17, 15) is 10.1 Å². The highest BCUT2D eigenvalue weighted by atomic mass is 16.6. The molecule has 1 aromatic carbocycles. The number of nitrogens with one attached hydrogen (secondary N) is 1. The van der Waals surface area contributed by atoms with Crippen molar-refractivity contribution in [3.05, 3.63) is 33.9 Å². The molecule has 0 spiro atoms. The monoisotopic (exact) mass is 263 g/mol. The van der Waals surface area contributed by atoms with Crippen LogP contribution in [0, 0.1) is 17.0 Å². The van der Waals surface area contributed by atoms with Crippen LogP contribution < -0.4 is 5.32 Å². The zero-order chi connectivity index (χ0) is 13.8. The van der Waals surface area contributed by atoms with E-state index in [-0.39, 0.29) is 10.6 Å². The van der Waals surface area contributed by atoms with E-state index in [1.165, 1.54) is 12.8 Å². The van der Waals surface area contributed by atoms with Gasteiger partial charge >= 0.3 is 0 Å². The maximum Gasteiger partial charge on any atom is 0.274 e. The number of benzene rings is 1. The standard InChI is InChI=1S/C14H21N3O2/c1-11(16-8-3-4-9-16)10-15-13-6-5-7-14(12(13)2)17(18)19/h5-7,11,15H,3-4,8-10H2,1-2H3. The van der Waals surface area contributed by atoms with Gasteiger partial charge in [-0.2, -0.15) is 0 Å². The fraction of sp³-hybridized carbons (Fsp3) is 0.571. The van der Waals surface area contributed by atoms with E-state index in [4.69, 9.17) is 0 Å². The van der Waals surface area contributed by atoms with Gasteiger partial charge in [-0.1, -0.05) is 6.07 Å². The molecule has 1 aromatic rings. The highest BCUT2D eigenvalue weighted by molar-refractivity contribution is 5.59. The molecular weight excluding hydrogens is 242 g/mol. The molecule has 1 fully saturated rings. The minimum atomic E-state index is -0.329. The number of hydrogen-bond donors (Lipinski definition) is 1. The Morgan fingerprint density at radius 1 is 1.42 bits per heavy atom. The van der Waals surface area contributed by atoms with Crippen LogP contribution in [0.2, 0.25) is 0 Å². The smallest absolute Gasteiger partial charge is 0.274 e. The lowest BCUT2D eigenvalue weighted by Gasteiger charge is -2.24. The van der Waals surface area contributed by atoms with E-state index in [1.54, 1.807) is 19.1 Å². The van der Waals surface area contributed by atoms with Gasteiger partial charge in [0.25, 0.3) is 5.69 Å². The molecule has 1 atom stereocenters. The predicted molar refractivity (Wildman–Crippen MR) is 76.6 cm³/mol. The second-order valence-electron chi connectivity index (χ2n) is 5.18. The summed E-state index contributed by atoms with van der Waals surface area (Å²) in [6.07, 6.45) is 2.56. The van der Waals surface area contributed by atoms with Gasteiger partial charge in [0.1, 0.15) is 0 Å². The van der Waals surface area contributed by atoms with Crippen LogP contribution in [0.15, 0.2) is 18.2 Å². The Hall–Kier alpha value is -1.62. The second-order valence-corrected chi connectivity index (χ2v) is 5.18. The van der Waals surface area contributed by atoms with Crippen LogP contribution >= 0.6 is 0 Å². The van der Waals surface area contributed by atoms with Crippen molar-refractivity contribution in [2.24, 2.45) is 0 Å². The van der Waals surface area contributed by atoms with Crippen LogP contribution in [-0.4, -0.2) is 35.5 Å². The Balaban J connectivity index is 1.99. The van der Waals surface area contributed by atoms with Crippen LogP contribution in [0.1, 0.15) is 25.3 Å². The van der Waals surface area contributed by atoms with Crippen LogP contribution in [0.3, 0.4) is 0 Å². The zero-order valence-electron chi connectivity index (χ0n) is 11.6. The predicted octanol–water partition coefficient (Wildman–Crippen LogP) is 2.80. The molecule has 1 heterocycles. The van der Waals surface area contributed by atoms with Gasteiger partial charge in [0, 0.05) is 29.9 Å². The summed E-state index contributed by atoms with van der Waals surface area (Å²) in [5.74, 6) is 0. The van der Waals surface area contributed by atoms with Crippen LogP contribution in [0.5, 0.6) is 0 Å². The summed E-state index contributed by atoms with van der Waals surface area (Å²) in [5.41, 5.74) is 1.75. The number of rotatable bonds is 5. The number of nitro benzene ring substituents is 1. The largest absolute Gasteiger partial charge is 0.383 e. The van der Waals surface area contributed by atoms with Crippen molar-refractivity contribution in [2.45, 2.75) is 32.7 Å². The zero-order valence-corrected chi connectivity index (χ0v) is 11.6. The van der Waals surface area contributed by atoms with Gasteiger partial charge in [-0.25, -0.2) is 0 Å². The van der Waals surface area contributed by atoms with Crippen molar-refractivity contribution in [3.63, 3.8) is 0 Å². The molecule has 0 aromatic heterocycles. The minimum Gasteiger partial charge on any atom is -0.383 e. The summed E-state index contributed by atoms with van der Waals surface area (Å²) in [6, 6.07) is 5.64. The van der Waals surface area contributed by atoms with E-state index in [2.05, 4.69) is 17.1 Å². The molecule has 0 radical (unpaired) electrons. The molecule has 0 aliphatic carbocycles. The number of anilines is 1. The Kier molecular flexibility index (Phi) is 4.37. The van der Waals surface area contributed by atoms with Gasteiger partial charge in [0.2, 0.25) is 0 Å². The lowest BCUT2D eigenvalue weighted by molar-refractivity contribution is -0.385. The molecule has 1 aliphatic rings. The SMILES string of the molecule is Cc1c(NCC(C)N2CCCC2)cccc1[N+](=O)[O-]. The van der Waals surface area contributed by atoms with Crippen LogP contribution in [-0.2, 0) is 0 Å².